The maximum Gasteiger partial charge on any atom is 0.236 e. The van der Waals surface area contributed by atoms with Crippen LogP contribution in [0.3, 0.4) is 0 Å². The van der Waals surface area contributed by atoms with Crippen molar-refractivity contribution in [2.75, 3.05) is 6.54 Å². The number of carbonyl (C=O) groups is 1. The second kappa shape index (κ2) is 7.19. The molecular formula is C14H20F2N2O. The SMILES string of the molecule is CC(C)CNC(=O)C(C)NCc1cc(F)ccc1F. The minimum Gasteiger partial charge on any atom is -0.354 e. The van der Waals surface area contributed by atoms with Crippen LogP contribution in [0.1, 0.15) is 26.3 Å². The van der Waals surface area contributed by atoms with Crippen LogP contribution in [0.4, 0.5) is 8.78 Å². The molecule has 19 heavy (non-hydrogen) atoms. The zero-order valence-corrected chi connectivity index (χ0v) is 11.5. The summed E-state index contributed by atoms with van der Waals surface area (Å²) in [7, 11) is 0. The topological polar surface area (TPSA) is 41.1 Å². The first-order chi connectivity index (χ1) is 8.90. The standard InChI is InChI=1S/C14H20F2N2O/c1-9(2)7-18-14(19)10(3)17-8-11-6-12(15)4-5-13(11)16/h4-6,9-10,17H,7-8H2,1-3H3,(H,18,19). The number of benzene rings is 1. The number of amides is 1. The Labute approximate surface area is 112 Å². The summed E-state index contributed by atoms with van der Waals surface area (Å²) in [5.41, 5.74) is 0.212. The van der Waals surface area contributed by atoms with Gasteiger partial charge in [-0.05, 0) is 31.0 Å². The van der Waals surface area contributed by atoms with Crippen LogP contribution in [0, 0.1) is 17.6 Å². The molecule has 1 aromatic carbocycles. The molecule has 0 radical (unpaired) electrons. The van der Waals surface area contributed by atoms with Gasteiger partial charge in [-0.25, -0.2) is 8.78 Å². The summed E-state index contributed by atoms with van der Waals surface area (Å²) in [5.74, 6) is -0.749. The normalized spacial score (nSPS) is 12.5. The lowest BCUT2D eigenvalue weighted by molar-refractivity contribution is -0.122. The van der Waals surface area contributed by atoms with Gasteiger partial charge in [-0.1, -0.05) is 13.8 Å². The van der Waals surface area contributed by atoms with Gasteiger partial charge in [-0.2, -0.15) is 0 Å². The maximum atomic E-state index is 13.4. The Morgan fingerprint density at radius 3 is 2.58 bits per heavy atom. The molecule has 1 rings (SSSR count). The molecule has 0 aromatic heterocycles. The summed E-state index contributed by atoms with van der Waals surface area (Å²) in [6.07, 6.45) is 0. The van der Waals surface area contributed by atoms with E-state index in [-0.39, 0.29) is 18.0 Å². The van der Waals surface area contributed by atoms with Crippen LogP contribution in [-0.2, 0) is 11.3 Å². The van der Waals surface area contributed by atoms with Crippen LogP contribution in [-0.4, -0.2) is 18.5 Å². The van der Waals surface area contributed by atoms with E-state index >= 15 is 0 Å². The van der Waals surface area contributed by atoms with Gasteiger partial charge in [0.05, 0.1) is 6.04 Å². The van der Waals surface area contributed by atoms with Gasteiger partial charge in [0, 0.05) is 18.7 Å². The average Bonchev–Trinajstić information content (AvgIpc) is 2.36. The van der Waals surface area contributed by atoms with E-state index in [0.29, 0.717) is 12.5 Å². The summed E-state index contributed by atoms with van der Waals surface area (Å²) in [5, 5.41) is 5.65. The van der Waals surface area contributed by atoms with Gasteiger partial charge in [-0.3, -0.25) is 4.79 Å². The molecular weight excluding hydrogens is 250 g/mol. The molecule has 0 fully saturated rings. The molecule has 5 heteroatoms. The smallest absolute Gasteiger partial charge is 0.236 e. The van der Waals surface area contributed by atoms with Crippen LogP contribution < -0.4 is 10.6 Å². The Balaban J connectivity index is 2.47. The summed E-state index contributed by atoms with van der Waals surface area (Å²) in [6, 6.07) is 2.82. The molecule has 0 aliphatic rings. The molecule has 0 saturated carbocycles. The average molecular weight is 270 g/mol. The van der Waals surface area contributed by atoms with Crippen molar-refractivity contribution in [2.45, 2.75) is 33.4 Å². The van der Waals surface area contributed by atoms with E-state index in [1.165, 1.54) is 0 Å². The summed E-state index contributed by atoms with van der Waals surface area (Å²) in [4.78, 5) is 11.7. The van der Waals surface area contributed by atoms with E-state index in [9.17, 15) is 13.6 Å². The van der Waals surface area contributed by atoms with Gasteiger partial charge < -0.3 is 10.6 Å². The Morgan fingerprint density at radius 1 is 1.26 bits per heavy atom. The number of nitrogens with one attached hydrogen (secondary N) is 2. The van der Waals surface area contributed by atoms with Crippen molar-refractivity contribution >= 4 is 5.91 Å². The second-order valence-electron chi connectivity index (χ2n) is 4.98. The van der Waals surface area contributed by atoms with E-state index < -0.39 is 17.7 Å². The third-order valence-electron chi connectivity index (χ3n) is 2.68. The van der Waals surface area contributed by atoms with Gasteiger partial charge in [-0.15, -0.1) is 0 Å². The van der Waals surface area contributed by atoms with E-state index in [4.69, 9.17) is 0 Å². The van der Waals surface area contributed by atoms with E-state index in [1.807, 2.05) is 13.8 Å². The first-order valence-electron chi connectivity index (χ1n) is 6.35. The van der Waals surface area contributed by atoms with Gasteiger partial charge in [0.1, 0.15) is 11.6 Å². The fraction of sp³-hybridized carbons (Fsp3) is 0.500. The highest BCUT2D eigenvalue weighted by Crippen LogP contribution is 2.09. The molecule has 0 saturated heterocycles. The Bertz CT molecular complexity index is 435. The van der Waals surface area contributed by atoms with E-state index in [1.54, 1.807) is 6.92 Å². The lowest BCUT2D eigenvalue weighted by Gasteiger charge is -2.15. The van der Waals surface area contributed by atoms with Crippen molar-refractivity contribution in [3.8, 4) is 0 Å². The molecule has 1 amide bonds. The van der Waals surface area contributed by atoms with Gasteiger partial charge in [0.2, 0.25) is 5.91 Å². The van der Waals surface area contributed by atoms with E-state index in [2.05, 4.69) is 10.6 Å². The molecule has 0 spiro atoms. The van der Waals surface area contributed by atoms with Crippen LogP contribution in [0.2, 0.25) is 0 Å². The molecule has 0 aliphatic carbocycles. The quantitative estimate of drug-likeness (QED) is 0.832. The minimum absolute atomic E-state index is 0.111. The summed E-state index contributed by atoms with van der Waals surface area (Å²) < 4.78 is 26.3. The van der Waals surface area contributed by atoms with Gasteiger partial charge in [0.25, 0.3) is 0 Å². The molecule has 0 heterocycles. The lowest BCUT2D eigenvalue weighted by atomic mass is 10.2. The highest BCUT2D eigenvalue weighted by atomic mass is 19.1. The minimum atomic E-state index is -0.491. The third-order valence-corrected chi connectivity index (χ3v) is 2.68. The Hall–Kier alpha value is -1.49. The fourth-order valence-corrected chi connectivity index (χ4v) is 1.49. The molecule has 1 aromatic rings. The molecule has 0 bridgehead atoms. The first-order valence-corrected chi connectivity index (χ1v) is 6.35. The van der Waals surface area contributed by atoms with Gasteiger partial charge in [0.15, 0.2) is 0 Å². The largest absolute Gasteiger partial charge is 0.354 e. The Morgan fingerprint density at radius 2 is 1.95 bits per heavy atom. The molecule has 1 unspecified atom stereocenters. The number of carbonyl (C=O) groups excluding carboxylic acids is 1. The maximum absolute atomic E-state index is 13.4. The predicted molar refractivity (Wildman–Crippen MR) is 70.5 cm³/mol. The molecule has 0 aliphatic heterocycles. The van der Waals surface area contributed by atoms with Crippen molar-refractivity contribution in [3.63, 3.8) is 0 Å². The zero-order valence-electron chi connectivity index (χ0n) is 11.5. The molecule has 106 valence electrons. The first kappa shape index (κ1) is 15.6. The number of hydrogen-bond donors (Lipinski definition) is 2. The second-order valence-corrected chi connectivity index (χ2v) is 4.98. The van der Waals surface area contributed by atoms with Gasteiger partial charge >= 0.3 is 0 Å². The van der Waals surface area contributed by atoms with Crippen molar-refractivity contribution in [1.29, 1.82) is 0 Å². The number of halogens is 2. The summed E-state index contributed by atoms with van der Waals surface area (Å²) >= 11 is 0. The highest BCUT2D eigenvalue weighted by molar-refractivity contribution is 5.81. The lowest BCUT2D eigenvalue weighted by Crippen LogP contribution is -2.43. The summed E-state index contributed by atoms with van der Waals surface area (Å²) in [6.45, 7) is 6.40. The molecule has 1 atom stereocenters. The van der Waals surface area contributed by atoms with Crippen molar-refractivity contribution in [2.24, 2.45) is 5.92 Å². The fourth-order valence-electron chi connectivity index (χ4n) is 1.49. The highest BCUT2D eigenvalue weighted by Gasteiger charge is 2.13. The molecule has 3 nitrogen and oxygen atoms in total. The predicted octanol–water partition coefficient (Wildman–Crippen LogP) is 2.22. The van der Waals surface area contributed by atoms with Crippen LogP contribution in [0.15, 0.2) is 18.2 Å². The van der Waals surface area contributed by atoms with E-state index in [0.717, 1.165) is 18.2 Å². The van der Waals surface area contributed by atoms with Crippen molar-refractivity contribution < 1.29 is 13.6 Å². The number of hydrogen-bond acceptors (Lipinski definition) is 2. The third kappa shape index (κ3) is 5.34. The monoisotopic (exact) mass is 270 g/mol. The van der Waals surface area contributed by atoms with Crippen molar-refractivity contribution in [1.82, 2.24) is 10.6 Å². The van der Waals surface area contributed by atoms with Crippen LogP contribution >= 0.6 is 0 Å². The molecule has 2 N–H and O–H groups in total. The Kier molecular flexibility index (Phi) is 5.89. The number of rotatable bonds is 6. The zero-order chi connectivity index (χ0) is 14.4. The van der Waals surface area contributed by atoms with Crippen LogP contribution in [0.25, 0.3) is 0 Å². The van der Waals surface area contributed by atoms with Crippen LogP contribution in [0.5, 0.6) is 0 Å². The van der Waals surface area contributed by atoms with Crippen molar-refractivity contribution in [3.05, 3.63) is 35.4 Å².